The number of benzene rings is 1. The molecule has 0 bridgehead atoms. The van der Waals surface area contributed by atoms with E-state index in [4.69, 9.17) is 0 Å². The summed E-state index contributed by atoms with van der Waals surface area (Å²) in [5, 5.41) is 0. The van der Waals surface area contributed by atoms with Gasteiger partial charge < -0.3 is 0 Å². The largest absolute Gasteiger partial charge is 0.240 e. The number of nitrogens with one attached hydrogen (secondary N) is 1. The molecule has 1 aromatic rings. The van der Waals surface area contributed by atoms with Crippen LogP contribution in [0.25, 0.3) is 0 Å². The highest BCUT2D eigenvalue weighted by Gasteiger charge is 2.15. The molecule has 0 aliphatic heterocycles. The van der Waals surface area contributed by atoms with Crippen molar-refractivity contribution < 1.29 is 8.42 Å². The van der Waals surface area contributed by atoms with Gasteiger partial charge in [-0.05, 0) is 30.0 Å². The van der Waals surface area contributed by atoms with E-state index in [1.54, 1.807) is 12.1 Å². The maximum absolute atomic E-state index is 12.1. The molecule has 1 rings (SSSR count). The number of aryl methyl sites for hydroxylation is 1. The Hall–Kier alpha value is -0.870. The summed E-state index contributed by atoms with van der Waals surface area (Å²) in [5.41, 5.74) is 1.15. The summed E-state index contributed by atoms with van der Waals surface area (Å²) in [5.74, 6) is 0.412. The van der Waals surface area contributed by atoms with Crippen LogP contribution in [0.15, 0.2) is 29.2 Å². The zero-order chi connectivity index (χ0) is 13.6. The van der Waals surface area contributed by atoms with E-state index >= 15 is 0 Å². The van der Waals surface area contributed by atoms with E-state index in [0.717, 1.165) is 24.8 Å². The minimum absolute atomic E-state index is 0.352. The van der Waals surface area contributed by atoms with Gasteiger partial charge in [0, 0.05) is 6.54 Å². The number of hydrogen-bond donors (Lipinski definition) is 1. The Morgan fingerprint density at radius 1 is 1.06 bits per heavy atom. The summed E-state index contributed by atoms with van der Waals surface area (Å²) >= 11 is 0. The second-order valence-corrected chi connectivity index (χ2v) is 6.30. The SMILES string of the molecule is CCc1ccc(S(=O)(=O)NCC(CC)CC)cc1. The van der Waals surface area contributed by atoms with Crippen LogP contribution in [0, 0.1) is 5.92 Å². The monoisotopic (exact) mass is 269 g/mol. The molecule has 4 heteroatoms. The van der Waals surface area contributed by atoms with Gasteiger partial charge in [-0.15, -0.1) is 0 Å². The van der Waals surface area contributed by atoms with Crippen LogP contribution in [0.2, 0.25) is 0 Å². The number of sulfonamides is 1. The van der Waals surface area contributed by atoms with Crippen LogP contribution in [-0.2, 0) is 16.4 Å². The van der Waals surface area contributed by atoms with Crippen LogP contribution in [0.1, 0.15) is 39.2 Å². The Labute approximate surface area is 111 Å². The van der Waals surface area contributed by atoms with Crippen LogP contribution in [0.3, 0.4) is 0 Å². The Kier molecular flexibility index (Phi) is 5.82. The standard InChI is InChI=1S/C14H23NO2S/c1-4-12(5-2)11-15-18(16,17)14-9-7-13(6-3)8-10-14/h7-10,12,15H,4-6,11H2,1-3H3. The summed E-state index contributed by atoms with van der Waals surface area (Å²) in [6.07, 6.45) is 2.91. The molecule has 102 valence electrons. The van der Waals surface area contributed by atoms with E-state index in [1.165, 1.54) is 0 Å². The molecule has 18 heavy (non-hydrogen) atoms. The second-order valence-electron chi connectivity index (χ2n) is 4.53. The van der Waals surface area contributed by atoms with Gasteiger partial charge in [-0.1, -0.05) is 45.7 Å². The van der Waals surface area contributed by atoms with E-state index in [0.29, 0.717) is 17.4 Å². The van der Waals surface area contributed by atoms with Crippen molar-refractivity contribution in [1.29, 1.82) is 0 Å². The fourth-order valence-corrected chi connectivity index (χ4v) is 2.91. The zero-order valence-corrected chi connectivity index (χ0v) is 12.3. The summed E-state index contributed by atoms with van der Waals surface area (Å²) < 4.78 is 26.8. The molecular formula is C14H23NO2S. The lowest BCUT2D eigenvalue weighted by molar-refractivity contribution is 0.479. The molecule has 0 aliphatic rings. The minimum Gasteiger partial charge on any atom is -0.211 e. The molecule has 1 N–H and O–H groups in total. The molecule has 3 nitrogen and oxygen atoms in total. The summed E-state index contributed by atoms with van der Waals surface area (Å²) in [4.78, 5) is 0.352. The highest BCUT2D eigenvalue weighted by atomic mass is 32.2. The third-order valence-electron chi connectivity index (χ3n) is 3.36. The highest BCUT2D eigenvalue weighted by molar-refractivity contribution is 7.89. The quantitative estimate of drug-likeness (QED) is 0.827. The lowest BCUT2D eigenvalue weighted by Crippen LogP contribution is -2.29. The molecule has 0 heterocycles. The fourth-order valence-electron chi connectivity index (χ4n) is 1.79. The molecule has 0 aromatic heterocycles. The molecule has 0 aliphatic carbocycles. The summed E-state index contributed by atoms with van der Waals surface area (Å²) in [6, 6.07) is 7.08. The molecule has 0 unspecified atom stereocenters. The first-order chi connectivity index (χ1) is 8.53. The van der Waals surface area contributed by atoms with Crippen LogP contribution >= 0.6 is 0 Å². The van der Waals surface area contributed by atoms with Gasteiger partial charge in [0.1, 0.15) is 0 Å². The first-order valence-electron chi connectivity index (χ1n) is 6.62. The van der Waals surface area contributed by atoms with Crippen molar-refractivity contribution in [2.45, 2.75) is 44.9 Å². The van der Waals surface area contributed by atoms with Crippen LogP contribution in [0.5, 0.6) is 0 Å². The Morgan fingerprint density at radius 3 is 2.06 bits per heavy atom. The molecule has 0 atom stereocenters. The van der Waals surface area contributed by atoms with Crippen molar-refractivity contribution in [3.8, 4) is 0 Å². The lowest BCUT2D eigenvalue weighted by Gasteiger charge is -2.13. The van der Waals surface area contributed by atoms with Gasteiger partial charge in [-0.25, -0.2) is 13.1 Å². The van der Waals surface area contributed by atoms with Crippen LogP contribution < -0.4 is 4.72 Å². The molecule has 0 fully saturated rings. The Morgan fingerprint density at radius 2 is 1.61 bits per heavy atom. The molecule has 0 spiro atoms. The molecule has 0 saturated heterocycles. The lowest BCUT2D eigenvalue weighted by atomic mass is 10.0. The normalized spacial score (nSPS) is 12.0. The van der Waals surface area contributed by atoms with Crippen molar-refractivity contribution in [1.82, 2.24) is 4.72 Å². The van der Waals surface area contributed by atoms with Gasteiger partial charge in [-0.2, -0.15) is 0 Å². The average Bonchev–Trinajstić information content (AvgIpc) is 2.40. The maximum Gasteiger partial charge on any atom is 0.240 e. The molecule has 0 amide bonds. The predicted octanol–water partition coefficient (Wildman–Crippen LogP) is 2.96. The molecular weight excluding hydrogens is 246 g/mol. The van der Waals surface area contributed by atoms with Gasteiger partial charge >= 0.3 is 0 Å². The smallest absolute Gasteiger partial charge is 0.211 e. The van der Waals surface area contributed by atoms with Gasteiger partial charge in [0.25, 0.3) is 0 Å². The van der Waals surface area contributed by atoms with Crippen molar-refractivity contribution >= 4 is 10.0 Å². The summed E-state index contributed by atoms with van der Waals surface area (Å²) in [6.45, 7) is 6.73. The fraction of sp³-hybridized carbons (Fsp3) is 0.571. The first-order valence-corrected chi connectivity index (χ1v) is 8.10. The highest BCUT2D eigenvalue weighted by Crippen LogP contribution is 2.12. The molecule has 0 saturated carbocycles. The number of rotatable bonds is 7. The van der Waals surface area contributed by atoms with Gasteiger partial charge in [0.2, 0.25) is 10.0 Å². The van der Waals surface area contributed by atoms with E-state index < -0.39 is 10.0 Å². The molecule has 1 aromatic carbocycles. The summed E-state index contributed by atoms with van der Waals surface area (Å²) in [7, 11) is -3.35. The van der Waals surface area contributed by atoms with Gasteiger partial charge in [-0.3, -0.25) is 0 Å². The maximum atomic E-state index is 12.1. The van der Waals surface area contributed by atoms with Crippen molar-refractivity contribution in [2.75, 3.05) is 6.54 Å². The first kappa shape index (κ1) is 15.2. The minimum atomic E-state index is -3.35. The second kappa shape index (κ2) is 6.90. The third-order valence-corrected chi connectivity index (χ3v) is 4.80. The van der Waals surface area contributed by atoms with Crippen LogP contribution in [-0.4, -0.2) is 15.0 Å². The van der Waals surface area contributed by atoms with Crippen molar-refractivity contribution in [2.24, 2.45) is 5.92 Å². The van der Waals surface area contributed by atoms with Crippen LogP contribution in [0.4, 0.5) is 0 Å². The van der Waals surface area contributed by atoms with Gasteiger partial charge in [0.05, 0.1) is 4.90 Å². The Bertz CT molecular complexity index is 447. The zero-order valence-electron chi connectivity index (χ0n) is 11.4. The van der Waals surface area contributed by atoms with E-state index in [-0.39, 0.29) is 0 Å². The molecule has 0 radical (unpaired) electrons. The van der Waals surface area contributed by atoms with Crippen molar-refractivity contribution in [3.63, 3.8) is 0 Å². The number of hydrogen-bond acceptors (Lipinski definition) is 2. The Balaban J connectivity index is 2.73. The average molecular weight is 269 g/mol. The van der Waals surface area contributed by atoms with Gasteiger partial charge in [0.15, 0.2) is 0 Å². The predicted molar refractivity (Wildman–Crippen MR) is 75.1 cm³/mol. The third kappa shape index (κ3) is 4.10. The van der Waals surface area contributed by atoms with E-state index in [1.807, 2.05) is 12.1 Å². The topological polar surface area (TPSA) is 46.2 Å². The van der Waals surface area contributed by atoms with Crippen molar-refractivity contribution in [3.05, 3.63) is 29.8 Å². The van der Waals surface area contributed by atoms with E-state index in [9.17, 15) is 8.42 Å². The van der Waals surface area contributed by atoms with E-state index in [2.05, 4.69) is 25.5 Å².